The smallest absolute Gasteiger partial charge is 0.213 e. The molecule has 2 heterocycles. The summed E-state index contributed by atoms with van der Waals surface area (Å²) in [6, 6.07) is 6.46. The zero-order valence-corrected chi connectivity index (χ0v) is 10.1. The first kappa shape index (κ1) is 12.0. The summed E-state index contributed by atoms with van der Waals surface area (Å²) in [5, 5.41) is 0. The Bertz CT molecular complexity index is 520. The molecule has 5 nitrogen and oxygen atoms in total. The Morgan fingerprint density at radius 2 is 1.39 bits per heavy atom. The molecular formula is C13H12N2O3. The van der Waals surface area contributed by atoms with Crippen molar-refractivity contribution in [3.63, 3.8) is 0 Å². The van der Waals surface area contributed by atoms with Gasteiger partial charge in [-0.1, -0.05) is 0 Å². The summed E-state index contributed by atoms with van der Waals surface area (Å²) in [5.41, 5.74) is 1.02. The molecule has 0 saturated carbocycles. The van der Waals surface area contributed by atoms with E-state index in [-0.39, 0.29) is 5.78 Å². The molecule has 2 aromatic rings. The average molecular weight is 244 g/mol. The zero-order valence-electron chi connectivity index (χ0n) is 10.1. The number of ether oxygens (including phenoxy) is 2. The number of ketones is 1. The van der Waals surface area contributed by atoms with Gasteiger partial charge in [0.25, 0.3) is 0 Å². The first-order valence-electron chi connectivity index (χ1n) is 5.29. The maximum absolute atomic E-state index is 12.2. The molecule has 0 spiro atoms. The van der Waals surface area contributed by atoms with Gasteiger partial charge in [0.15, 0.2) is 5.78 Å². The fourth-order valence-electron chi connectivity index (χ4n) is 1.49. The van der Waals surface area contributed by atoms with Crippen LogP contribution in [0.25, 0.3) is 0 Å². The topological polar surface area (TPSA) is 61.3 Å². The van der Waals surface area contributed by atoms with Gasteiger partial charge in [-0.15, -0.1) is 0 Å². The highest BCUT2D eigenvalue weighted by molar-refractivity contribution is 6.09. The van der Waals surface area contributed by atoms with E-state index in [9.17, 15) is 4.79 Å². The molecule has 0 aliphatic heterocycles. The first-order valence-corrected chi connectivity index (χ1v) is 5.29. The summed E-state index contributed by atoms with van der Waals surface area (Å²) < 4.78 is 9.97. The Hall–Kier alpha value is -2.43. The molecule has 0 saturated heterocycles. The summed E-state index contributed by atoms with van der Waals surface area (Å²) in [7, 11) is 3.01. The third-order valence-corrected chi connectivity index (χ3v) is 2.41. The second-order valence-corrected chi connectivity index (χ2v) is 3.50. The van der Waals surface area contributed by atoms with Crippen LogP contribution in [0.15, 0.2) is 36.7 Å². The van der Waals surface area contributed by atoms with E-state index < -0.39 is 0 Å². The first-order chi connectivity index (χ1) is 8.74. The van der Waals surface area contributed by atoms with Crippen LogP contribution in [0.5, 0.6) is 11.8 Å². The van der Waals surface area contributed by atoms with Crippen LogP contribution in [0, 0.1) is 0 Å². The SMILES string of the molecule is COc1cc(C(=O)c2ccnc(OC)c2)ccn1. The molecule has 0 aromatic carbocycles. The number of carbonyl (C=O) groups is 1. The largest absolute Gasteiger partial charge is 0.481 e. The standard InChI is InChI=1S/C13H12N2O3/c1-17-11-7-9(3-5-14-11)13(16)10-4-6-15-12(8-10)18-2/h3-8H,1-2H3. The number of carbonyl (C=O) groups excluding carboxylic acids is 1. The molecule has 92 valence electrons. The van der Waals surface area contributed by atoms with Crippen molar-refractivity contribution in [1.29, 1.82) is 0 Å². The van der Waals surface area contributed by atoms with E-state index in [1.807, 2.05) is 0 Å². The van der Waals surface area contributed by atoms with Crippen molar-refractivity contribution in [1.82, 2.24) is 9.97 Å². The minimum Gasteiger partial charge on any atom is -0.481 e. The lowest BCUT2D eigenvalue weighted by Crippen LogP contribution is -2.03. The summed E-state index contributed by atoms with van der Waals surface area (Å²) >= 11 is 0. The summed E-state index contributed by atoms with van der Waals surface area (Å²) in [4.78, 5) is 20.1. The number of aromatic nitrogens is 2. The van der Waals surface area contributed by atoms with Crippen LogP contribution in [0.1, 0.15) is 15.9 Å². The Morgan fingerprint density at radius 3 is 1.78 bits per heavy atom. The van der Waals surface area contributed by atoms with Gasteiger partial charge in [-0.05, 0) is 12.1 Å². The van der Waals surface area contributed by atoms with E-state index in [1.165, 1.54) is 26.6 Å². The lowest BCUT2D eigenvalue weighted by Gasteiger charge is -2.04. The molecule has 0 aliphatic rings. The van der Waals surface area contributed by atoms with Crippen molar-refractivity contribution in [3.05, 3.63) is 47.8 Å². The molecule has 0 fully saturated rings. The number of pyridine rings is 2. The number of hydrogen-bond donors (Lipinski definition) is 0. The third kappa shape index (κ3) is 2.45. The molecule has 2 aromatic heterocycles. The summed E-state index contributed by atoms with van der Waals surface area (Å²) in [6.07, 6.45) is 3.06. The monoisotopic (exact) mass is 244 g/mol. The second-order valence-electron chi connectivity index (χ2n) is 3.50. The minimum atomic E-state index is -0.128. The van der Waals surface area contributed by atoms with Crippen LogP contribution < -0.4 is 9.47 Å². The number of nitrogens with zero attached hydrogens (tertiary/aromatic N) is 2. The number of hydrogen-bond acceptors (Lipinski definition) is 5. The van der Waals surface area contributed by atoms with Gasteiger partial charge in [-0.3, -0.25) is 4.79 Å². The lowest BCUT2D eigenvalue weighted by molar-refractivity contribution is 0.103. The molecule has 0 radical (unpaired) electrons. The maximum Gasteiger partial charge on any atom is 0.213 e. The Labute approximate surface area is 104 Å². The molecule has 0 N–H and O–H groups in total. The highest BCUT2D eigenvalue weighted by Crippen LogP contribution is 2.16. The molecule has 5 heteroatoms. The van der Waals surface area contributed by atoms with Crippen LogP contribution in [-0.4, -0.2) is 30.0 Å². The predicted octanol–water partition coefficient (Wildman–Crippen LogP) is 1.72. The maximum atomic E-state index is 12.2. The van der Waals surface area contributed by atoms with E-state index >= 15 is 0 Å². The van der Waals surface area contributed by atoms with Gasteiger partial charge in [0.05, 0.1) is 14.2 Å². The van der Waals surface area contributed by atoms with Gasteiger partial charge in [0.1, 0.15) is 0 Å². The molecule has 0 bridgehead atoms. The Morgan fingerprint density at radius 1 is 0.944 bits per heavy atom. The normalized spacial score (nSPS) is 9.89. The average Bonchev–Trinajstić information content (AvgIpc) is 2.46. The van der Waals surface area contributed by atoms with Gasteiger partial charge in [0, 0.05) is 35.7 Å². The van der Waals surface area contributed by atoms with Gasteiger partial charge in [0.2, 0.25) is 11.8 Å². The minimum absolute atomic E-state index is 0.128. The van der Waals surface area contributed by atoms with Gasteiger partial charge in [-0.2, -0.15) is 0 Å². The van der Waals surface area contributed by atoms with Crippen LogP contribution >= 0.6 is 0 Å². The van der Waals surface area contributed by atoms with Crippen LogP contribution in [0.4, 0.5) is 0 Å². The van der Waals surface area contributed by atoms with E-state index in [0.29, 0.717) is 22.9 Å². The number of methoxy groups -OCH3 is 2. The molecule has 2 rings (SSSR count). The van der Waals surface area contributed by atoms with Crippen LogP contribution in [0.3, 0.4) is 0 Å². The van der Waals surface area contributed by atoms with E-state index in [0.717, 1.165) is 0 Å². The van der Waals surface area contributed by atoms with Gasteiger partial charge >= 0.3 is 0 Å². The van der Waals surface area contributed by atoms with E-state index in [2.05, 4.69) is 9.97 Å². The van der Waals surface area contributed by atoms with Gasteiger partial charge in [-0.25, -0.2) is 9.97 Å². The highest BCUT2D eigenvalue weighted by atomic mass is 16.5. The van der Waals surface area contributed by atoms with Crippen LogP contribution in [-0.2, 0) is 0 Å². The van der Waals surface area contributed by atoms with Crippen molar-refractivity contribution >= 4 is 5.78 Å². The summed E-state index contributed by atoms with van der Waals surface area (Å²) in [5.74, 6) is 0.681. The predicted molar refractivity (Wildman–Crippen MR) is 65.0 cm³/mol. The fraction of sp³-hybridized carbons (Fsp3) is 0.154. The molecule has 18 heavy (non-hydrogen) atoms. The van der Waals surface area contributed by atoms with E-state index in [1.54, 1.807) is 24.3 Å². The third-order valence-electron chi connectivity index (χ3n) is 2.41. The second kappa shape index (κ2) is 5.27. The van der Waals surface area contributed by atoms with E-state index in [4.69, 9.17) is 9.47 Å². The quantitative estimate of drug-likeness (QED) is 0.766. The Balaban J connectivity index is 2.34. The molecule has 0 aliphatic carbocycles. The molecule has 0 atom stereocenters. The highest BCUT2D eigenvalue weighted by Gasteiger charge is 2.11. The van der Waals surface area contributed by atoms with Crippen molar-refractivity contribution < 1.29 is 14.3 Å². The lowest BCUT2D eigenvalue weighted by atomic mass is 10.1. The Kier molecular flexibility index (Phi) is 3.52. The molecule has 0 unspecified atom stereocenters. The van der Waals surface area contributed by atoms with Crippen molar-refractivity contribution in [2.24, 2.45) is 0 Å². The van der Waals surface area contributed by atoms with Crippen molar-refractivity contribution in [2.75, 3.05) is 14.2 Å². The van der Waals surface area contributed by atoms with Crippen molar-refractivity contribution in [3.8, 4) is 11.8 Å². The molecular weight excluding hydrogens is 232 g/mol. The summed E-state index contributed by atoms with van der Waals surface area (Å²) in [6.45, 7) is 0. The van der Waals surface area contributed by atoms with Crippen molar-refractivity contribution in [2.45, 2.75) is 0 Å². The van der Waals surface area contributed by atoms with Crippen LogP contribution in [0.2, 0.25) is 0 Å². The zero-order chi connectivity index (χ0) is 13.0. The molecule has 0 amide bonds. The number of rotatable bonds is 4. The van der Waals surface area contributed by atoms with Gasteiger partial charge < -0.3 is 9.47 Å². The fourth-order valence-corrected chi connectivity index (χ4v) is 1.49.